The molecule has 242 valence electrons. The van der Waals surface area contributed by atoms with Crippen molar-refractivity contribution < 1.29 is 32.4 Å². The molecule has 2 saturated heterocycles. The van der Waals surface area contributed by atoms with Crippen molar-refractivity contribution in [3.8, 4) is 0 Å². The van der Waals surface area contributed by atoms with Gasteiger partial charge in [0.1, 0.15) is 0 Å². The number of benzene rings is 2. The highest BCUT2D eigenvalue weighted by molar-refractivity contribution is 6.34. The summed E-state index contributed by atoms with van der Waals surface area (Å²) in [7, 11) is 1.70. The van der Waals surface area contributed by atoms with Crippen LogP contribution in [0.1, 0.15) is 53.3 Å². The number of alkyl halides is 3. The number of halogens is 4. The molecule has 2 aromatic carbocycles. The largest absolute Gasteiger partial charge is 0.430 e. The highest BCUT2D eigenvalue weighted by atomic mass is 35.5. The molecule has 0 spiro atoms. The van der Waals surface area contributed by atoms with Crippen LogP contribution in [0.3, 0.4) is 0 Å². The second-order valence-electron chi connectivity index (χ2n) is 11.9. The fraction of sp³-hybridized carbons (Fsp3) is 0.500. The molecule has 2 aliphatic heterocycles. The number of piperidine rings is 2. The fourth-order valence-corrected chi connectivity index (χ4v) is 6.67. The highest BCUT2D eigenvalue weighted by Crippen LogP contribution is 2.42. The lowest BCUT2D eigenvalue weighted by atomic mass is 9.78. The smallest absolute Gasteiger partial charge is 0.371 e. The summed E-state index contributed by atoms with van der Waals surface area (Å²) in [6, 6.07) is 12.0. The average molecular weight is 648 g/mol. The molecule has 1 N–H and O–H groups in total. The molecule has 0 saturated carbocycles. The molecular weight excluding hydrogens is 611 g/mol. The lowest BCUT2D eigenvalue weighted by molar-refractivity contribution is -0.262. The number of carbonyl (C=O) groups is 2. The predicted molar refractivity (Wildman–Crippen MR) is 162 cm³/mol. The molecule has 2 aliphatic rings. The lowest BCUT2D eigenvalue weighted by Crippen LogP contribution is -2.57. The van der Waals surface area contributed by atoms with Crippen LogP contribution in [0.15, 0.2) is 53.1 Å². The summed E-state index contributed by atoms with van der Waals surface area (Å²) < 4.78 is 47.0. The molecule has 0 aliphatic carbocycles. The molecule has 0 radical (unpaired) electrons. The Hall–Kier alpha value is -3.64. The molecule has 1 unspecified atom stereocenters. The van der Waals surface area contributed by atoms with E-state index in [0.717, 1.165) is 48.7 Å². The zero-order chi connectivity index (χ0) is 32.4. The summed E-state index contributed by atoms with van der Waals surface area (Å²) in [4.78, 5) is 35.2. The first kappa shape index (κ1) is 32.7. The number of rotatable bonds is 8. The third kappa shape index (κ3) is 6.96. The zero-order valence-corrected chi connectivity index (χ0v) is 26.0. The normalized spacial score (nSPS) is 18.1. The van der Waals surface area contributed by atoms with E-state index in [1.807, 2.05) is 12.1 Å². The SMILES string of the molecule is Cc1nc(CCN(C)C(=O)c2ccc(N3CCC(C4CCN(C(=O)C(O)(c5ccccc5)C(F)(F)F)CC4)CC3)cc2Cl)no1. The van der Waals surface area contributed by atoms with Crippen LogP contribution >= 0.6 is 11.6 Å². The van der Waals surface area contributed by atoms with Gasteiger partial charge in [0.05, 0.1) is 10.6 Å². The first-order chi connectivity index (χ1) is 21.4. The van der Waals surface area contributed by atoms with Gasteiger partial charge in [0.15, 0.2) is 5.82 Å². The van der Waals surface area contributed by atoms with Crippen LogP contribution in [0, 0.1) is 18.8 Å². The Morgan fingerprint density at radius 2 is 1.64 bits per heavy atom. The summed E-state index contributed by atoms with van der Waals surface area (Å²) in [5.74, 6) is 0.146. The van der Waals surface area contributed by atoms with Crippen molar-refractivity contribution in [3.63, 3.8) is 0 Å². The third-order valence-electron chi connectivity index (χ3n) is 9.08. The summed E-state index contributed by atoms with van der Waals surface area (Å²) >= 11 is 6.56. The van der Waals surface area contributed by atoms with Crippen molar-refractivity contribution >= 4 is 29.1 Å². The summed E-state index contributed by atoms with van der Waals surface area (Å²) in [5.41, 5.74) is -2.71. The van der Waals surface area contributed by atoms with Gasteiger partial charge in [-0.3, -0.25) is 9.59 Å². The molecule has 2 amide bonds. The molecule has 3 heterocycles. The van der Waals surface area contributed by atoms with Crippen LogP contribution in [-0.4, -0.2) is 82.8 Å². The second kappa shape index (κ2) is 13.4. The van der Waals surface area contributed by atoms with Gasteiger partial charge in [-0.15, -0.1) is 0 Å². The van der Waals surface area contributed by atoms with Crippen LogP contribution in [0.5, 0.6) is 0 Å². The number of carbonyl (C=O) groups excluding carboxylic acids is 2. The van der Waals surface area contributed by atoms with Gasteiger partial charge in [-0.2, -0.15) is 18.2 Å². The number of aliphatic hydroxyl groups is 1. The van der Waals surface area contributed by atoms with Crippen molar-refractivity contribution in [2.24, 2.45) is 11.8 Å². The van der Waals surface area contributed by atoms with Gasteiger partial charge in [0, 0.05) is 64.4 Å². The molecule has 9 nitrogen and oxygen atoms in total. The number of amides is 2. The molecule has 3 aromatic rings. The number of likely N-dealkylation sites (tertiary alicyclic amines) is 1. The Kier molecular flexibility index (Phi) is 9.74. The average Bonchev–Trinajstić information content (AvgIpc) is 3.47. The molecule has 0 bridgehead atoms. The second-order valence-corrected chi connectivity index (χ2v) is 12.3. The minimum Gasteiger partial charge on any atom is -0.371 e. The molecule has 5 rings (SSSR count). The molecule has 1 atom stereocenters. The van der Waals surface area contributed by atoms with Gasteiger partial charge in [0.2, 0.25) is 5.89 Å². The fourth-order valence-electron chi connectivity index (χ4n) is 6.41. The number of aryl methyl sites for hydroxylation is 1. The van der Waals surface area contributed by atoms with E-state index in [2.05, 4.69) is 15.0 Å². The monoisotopic (exact) mass is 647 g/mol. The number of hydrogen-bond acceptors (Lipinski definition) is 7. The van der Waals surface area contributed by atoms with Crippen LogP contribution in [0.2, 0.25) is 5.02 Å². The van der Waals surface area contributed by atoms with Crippen molar-refractivity contribution in [2.45, 2.75) is 50.8 Å². The number of likely N-dealkylation sites (N-methyl/N-ethyl adjacent to an activating group) is 1. The number of aromatic nitrogens is 2. The predicted octanol–water partition coefficient (Wildman–Crippen LogP) is 5.25. The topological polar surface area (TPSA) is 103 Å². The standard InChI is InChI=1S/C32H37ClF3N5O4/c1-21-37-28(38-45-21)14-15-39(2)29(42)26-9-8-25(20-27(26)33)40-16-10-22(11-17-40)23-12-18-41(19-13-23)30(43)31(44,32(34,35)36)24-6-4-3-5-7-24/h3-9,20,22-23,44H,10-19H2,1-2H3. The summed E-state index contributed by atoms with van der Waals surface area (Å²) in [5, 5.41) is 14.9. The zero-order valence-electron chi connectivity index (χ0n) is 25.3. The van der Waals surface area contributed by atoms with Crippen molar-refractivity contribution in [1.29, 1.82) is 0 Å². The van der Waals surface area contributed by atoms with Gasteiger partial charge < -0.3 is 24.3 Å². The van der Waals surface area contributed by atoms with Crippen molar-refractivity contribution in [2.75, 3.05) is 44.7 Å². The van der Waals surface area contributed by atoms with Crippen molar-refractivity contribution in [1.82, 2.24) is 19.9 Å². The van der Waals surface area contributed by atoms with Crippen molar-refractivity contribution in [3.05, 3.63) is 76.4 Å². The maximum absolute atomic E-state index is 14.0. The quantitative estimate of drug-likeness (QED) is 0.356. The maximum atomic E-state index is 14.0. The Bertz CT molecular complexity index is 1490. The maximum Gasteiger partial charge on any atom is 0.430 e. The van der Waals surface area contributed by atoms with Gasteiger partial charge in [-0.05, 0) is 55.7 Å². The van der Waals surface area contributed by atoms with Gasteiger partial charge in [-0.1, -0.05) is 47.1 Å². The molecule has 13 heteroatoms. The lowest BCUT2D eigenvalue weighted by Gasteiger charge is -2.42. The molecule has 1 aromatic heterocycles. The van der Waals surface area contributed by atoms with Gasteiger partial charge in [0.25, 0.3) is 17.4 Å². The molecule has 2 fully saturated rings. The van der Waals surface area contributed by atoms with E-state index in [1.54, 1.807) is 24.9 Å². The first-order valence-corrected chi connectivity index (χ1v) is 15.5. The Morgan fingerprint density at radius 3 is 2.20 bits per heavy atom. The number of anilines is 1. The highest BCUT2D eigenvalue weighted by Gasteiger charge is 2.62. The van der Waals surface area contributed by atoms with E-state index in [9.17, 15) is 27.9 Å². The minimum absolute atomic E-state index is 0.170. The minimum atomic E-state index is -5.14. The van der Waals surface area contributed by atoms with E-state index in [0.29, 0.717) is 54.0 Å². The Balaban J connectivity index is 1.13. The third-order valence-corrected chi connectivity index (χ3v) is 9.39. The molecule has 45 heavy (non-hydrogen) atoms. The van der Waals surface area contributed by atoms with E-state index >= 15 is 0 Å². The van der Waals surface area contributed by atoms with E-state index < -0.39 is 23.2 Å². The Morgan fingerprint density at radius 1 is 1.02 bits per heavy atom. The van der Waals surface area contributed by atoms with Gasteiger partial charge >= 0.3 is 6.18 Å². The van der Waals surface area contributed by atoms with Crippen LogP contribution < -0.4 is 4.90 Å². The Labute approximate surface area is 264 Å². The van der Waals surface area contributed by atoms with E-state index in [-0.39, 0.29) is 24.9 Å². The number of hydrogen-bond donors (Lipinski definition) is 1. The number of nitrogens with zero attached hydrogens (tertiary/aromatic N) is 5. The summed E-state index contributed by atoms with van der Waals surface area (Å²) in [6.45, 7) is 4.01. The molecular formula is C32H37ClF3N5O4. The summed E-state index contributed by atoms with van der Waals surface area (Å²) in [6.07, 6.45) is -1.72. The van der Waals surface area contributed by atoms with Crippen LogP contribution in [0.4, 0.5) is 18.9 Å². The first-order valence-electron chi connectivity index (χ1n) is 15.1. The van der Waals surface area contributed by atoms with E-state index in [1.165, 1.54) is 18.2 Å². The van der Waals surface area contributed by atoms with Crippen LogP contribution in [-0.2, 0) is 16.8 Å². The van der Waals surface area contributed by atoms with E-state index in [4.69, 9.17) is 16.1 Å². The van der Waals surface area contributed by atoms with Crippen LogP contribution in [0.25, 0.3) is 0 Å². The van der Waals surface area contributed by atoms with Gasteiger partial charge in [-0.25, -0.2) is 0 Å².